The molecule has 0 aliphatic rings. The van der Waals surface area contributed by atoms with Gasteiger partial charge in [0.1, 0.15) is 28.6 Å². The van der Waals surface area contributed by atoms with Gasteiger partial charge >= 0.3 is 6.36 Å². The summed E-state index contributed by atoms with van der Waals surface area (Å²) >= 11 is 5.89. The second-order valence-corrected chi connectivity index (χ2v) is 6.91. The van der Waals surface area contributed by atoms with Gasteiger partial charge in [0.2, 0.25) is 0 Å². The van der Waals surface area contributed by atoms with Crippen LogP contribution in [0.15, 0.2) is 48.7 Å². The van der Waals surface area contributed by atoms with Crippen LogP contribution in [0.25, 0.3) is 0 Å². The highest BCUT2D eigenvalue weighted by Crippen LogP contribution is 2.38. The van der Waals surface area contributed by atoms with Crippen molar-refractivity contribution in [1.82, 2.24) is 4.98 Å². The molecular formula is C21H14ClF4N3O5. The van der Waals surface area contributed by atoms with E-state index in [4.69, 9.17) is 26.8 Å². The molecule has 0 saturated heterocycles. The molecule has 178 valence electrons. The molecule has 8 nitrogen and oxygen atoms in total. The highest BCUT2D eigenvalue weighted by Gasteiger charge is 2.31. The number of amides is 2. The third-order valence-electron chi connectivity index (χ3n) is 4.11. The molecule has 34 heavy (non-hydrogen) atoms. The number of benzene rings is 2. The number of ether oxygens (including phenoxy) is 3. The van der Waals surface area contributed by atoms with Gasteiger partial charge in [-0.15, -0.1) is 13.2 Å². The number of nitrogens with one attached hydrogen (secondary N) is 1. The lowest BCUT2D eigenvalue weighted by molar-refractivity contribution is -0.274. The molecule has 0 bridgehead atoms. The van der Waals surface area contributed by atoms with Gasteiger partial charge in [0.15, 0.2) is 11.5 Å². The van der Waals surface area contributed by atoms with Gasteiger partial charge in [0, 0.05) is 17.2 Å². The number of anilines is 1. The van der Waals surface area contributed by atoms with Crippen molar-refractivity contribution in [1.29, 1.82) is 0 Å². The summed E-state index contributed by atoms with van der Waals surface area (Å²) in [5, 5.41) is 2.26. The van der Waals surface area contributed by atoms with E-state index in [-0.39, 0.29) is 33.7 Å². The monoisotopic (exact) mass is 499 g/mol. The number of aromatic nitrogens is 1. The maximum Gasteiger partial charge on any atom is 0.573 e. The standard InChI is InChI=1S/C21H14ClF4N3O5/c1-32-16-8-12(34-21(24,25)26)3-5-15(16)33-17-7-10(22)6-13(23)18(17)20(31)29-11-2-4-14(19(27)30)28-9-11/h2-9H,1H3,(H2,27,30)(H,29,31). The average molecular weight is 500 g/mol. The van der Waals surface area contributed by atoms with Crippen molar-refractivity contribution in [2.45, 2.75) is 6.36 Å². The Morgan fingerprint density at radius 1 is 1.06 bits per heavy atom. The van der Waals surface area contributed by atoms with E-state index in [0.717, 1.165) is 43.6 Å². The van der Waals surface area contributed by atoms with Gasteiger partial charge in [0.25, 0.3) is 11.8 Å². The Bertz CT molecular complexity index is 1240. The van der Waals surface area contributed by atoms with Crippen molar-refractivity contribution in [3.05, 3.63) is 70.8 Å². The Morgan fingerprint density at radius 3 is 2.38 bits per heavy atom. The lowest BCUT2D eigenvalue weighted by Crippen LogP contribution is -2.17. The molecule has 2 aromatic carbocycles. The SMILES string of the molecule is COc1cc(OC(F)(F)F)ccc1Oc1cc(Cl)cc(F)c1C(=O)Nc1ccc(C(N)=O)nc1. The molecule has 3 N–H and O–H groups in total. The van der Waals surface area contributed by atoms with Crippen LogP contribution in [-0.4, -0.2) is 30.3 Å². The summed E-state index contributed by atoms with van der Waals surface area (Å²) in [6.07, 6.45) is -3.80. The Morgan fingerprint density at radius 2 is 1.79 bits per heavy atom. The molecule has 0 atom stereocenters. The van der Waals surface area contributed by atoms with Crippen molar-refractivity contribution >= 4 is 29.1 Å². The Kier molecular flexibility index (Phi) is 7.11. The summed E-state index contributed by atoms with van der Waals surface area (Å²) in [4.78, 5) is 27.6. The Labute approximate surface area is 194 Å². The molecule has 2 amide bonds. The largest absolute Gasteiger partial charge is 0.573 e. The highest BCUT2D eigenvalue weighted by atomic mass is 35.5. The maximum atomic E-state index is 14.7. The average Bonchev–Trinajstić information content (AvgIpc) is 2.73. The molecule has 13 heteroatoms. The third kappa shape index (κ3) is 6.04. The smallest absolute Gasteiger partial charge is 0.493 e. The predicted octanol–water partition coefficient (Wildman–Crippen LogP) is 4.92. The molecule has 3 rings (SSSR count). The van der Waals surface area contributed by atoms with Gasteiger partial charge in [-0.25, -0.2) is 9.37 Å². The number of carbonyl (C=O) groups excluding carboxylic acids is 2. The molecule has 0 aliphatic carbocycles. The molecular weight excluding hydrogens is 486 g/mol. The maximum absolute atomic E-state index is 14.7. The Balaban J connectivity index is 1.92. The van der Waals surface area contributed by atoms with Crippen LogP contribution in [0.4, 0.5) is 23.2 Å². The number of hydrogen-bond acceptors (Lipinski definition) is 6. The number of nitrogens with zero attached hydrogens (tertiary/aromatic N) is 1. The number of hydrogen-bond donors (Lipinski definition) is 2. The summed E-state index contributed by atoms with van der Waals surface area (Å²) in [6, 6.07) is 7.49. The van der Waals surface area contributed by atoms with E-state index in [1.54, 1.807) is 0 Å². The minimum atomic E-state index is -4.93. The van der Waals surface area contributed by atoms with Gasteiger partial charge in [-0.3, -0.25) is 9.59 Å². The van der Waals surface area contributed by atoms with Crippen LogP contribution < -0.4 is 25.3 Å². The fourth-order valence-corrected chi connectivity index (χ4v) is 2.90. The van der Waals surface area contributed by atoms with Crippen LogP contribution in [0.2, 0.25) is 5.02 Å². The molecule has 0 spiro atoms. The molecule has 0 radical (unpaired) electrons. The second-order valence-electron chi connectivity index (χ2n) is 6.47. The van der Waals surface area contributed by atoms with Gasteiger partial charge in [-0.05, 0) is 30.3 Å². The van der Waals surface area contributed by atoms with Gasteiger partial charge in [-0.1, -0.05) is 11.6 Å². The van der Waals surface area contributed by atoms with Crippen LogP contribution in [-0.2, 0) is 0 Å². The van der Waals surface area contributed by atoms with Crippen LogP contribution in [0.1, 0.15) is 20.8 Å². The fraction of sp³-hybridized carbons (Fsp3) is 0.0952. The second kappa shape index (κ2) is 9.83. The molecule has 1 aromatic heterocycles. The van der Waals surface area contributed by atoms with E-state index in [2.05, 4.69) is 15.0 Å². The summed E-state index contributed by atoms with van der Waals surface area (Å²) in [6.45, 7) is 0. The van der Waals surface area contributed by atoms with Crippen molar-refractivity contribution < 1.29 is 41.4 Å². The van der Waals surface area contributed by atoms with Gasteiger partial charge in [0.05, 0.1) is 19.0 Å². The fourth-order valence-electron chi connectivity index (χ4n) is 2.71. The molecule has 3 aromatic rings. The normalized spacial score (nSPS) is 11.0. The zero-order chi connectivity index (χ0) is 25.0. The summed E-state index contributed by atoms with van der Waals surface area (Å²) in [5.41, 5.74) is 4.60. The van der Waals surface area contributed by atoms with Crippen LogP contribution >= 0.6 is 11.6 Å². The predicted molar refractivity (Wildman–Crippen MR) is 112 cm³/mol. The molecule has 0 unspecified atom stereocenters. The van der Waals surface area contributed by atoms with Crippen LogP contribution in [0, 0.1) is 5.82 Å². The van der Waals surface area contributed by atoms with Crippen molar-refractivity contribution in [3.63, 3.8) is 0 Å². The number of nitrogens with two attached hydrogens (primary N) is 1. The zero-order valence-corrected chi connectivity index (χ0v) is 17.8. The van der Waals surface area contributed by atoms with E-state index >= 15 is 0 Å². The number of alkyl halides is 3. The molecule has 1 heterocycles. The van der Waals surface area contributed by atoms with E-state index in [1.807, 2.05) is 0 Å². The Hall–Kier alpha value is -4.06. The highest BCUT2D eigenvalue weighted by molar-refractivity contribution is 6.31. The molecule has 0 fully saturated rings. The van der Waals surface area contributed by atoms with Crippen LogP contribution in [0.3, 0.4) is 0 Å². The van der Waals surface area contributed by atoms with Crippen LogP contribution in [0.5, 0.6) is 23.0 Å². The van der Waals surface area contributed by atoms with Gasteiger partial charge < -0.3 is 25.3 Å². The lowest BCUT2D eigenvalue weighted by atomic mass is 10.1. The van der Waals surface area contributed by atoms with Crippen molar-refractivity contribution in [2.75, 3.05) is 12.4 Å². The molecule has 0 aliphatic heterocycles. The number of methoxy groups -OCH3 is 1. The number of carbonyl (C=O) groups is 2. The minimum Gasteiger partial charge on any atom is -0.493 e. The van der Waals surface area contributed by atoms with E-state index in [9.17, 15) is 27.2 Å². The summed E-state index contributed by atoms with van der Waals surface area (Å²) in [5.74, 6) is -4.07. The van der Waals surface area contributed by atoms with E-state index in [0.29, 0.717) is 0 Å². The number of rotatable bonds is 7. The minimum absolute atomic E-state index is 0.0512. The first kappa shape index (κ1) is 24.6. The number of pyridine rings is 1. The quantitative estimate of drug-likeness (QED) is 0.446. The lowest BCUT2D eigenvalue weighted by Gasteiger charge is -2.16. The molecule has 0 saturated carbocycles. The third-order valence-corrected chi connectivity index (χ3v) is 4.33. The number of halogens is 5. The van der Waals surface area contributed by atoms with Gasteiger partial charge in [-0.2, -0.15) is 0 Å². The zero-order valence-electron chi connectivity index (χ0n) is 17.1. The topological polar surface area (TPSA) is 113 Å². The summed E-state index contributed by atoms with van der Waals surface area (Å²) in [7, 11) is 1.16. The number of primary amides is 1. The van der Waals surface area contributed by atoms with E-state index in [1.165, 1.54) is 12.1 Å². The summed E-state index contributed by atoms with van der Waals surface area (Å²) < 4.78 is 66.5. The first-order valence-corrected chi connectivity index (χ1v) is 9.52. The van der Waals surface area contributed by atoms with Crippen molar-refractivity contribution in [3.8, 4) is 23.0 Å². The first-order chi connectivity index (χ1) is 16.0. The first-order valence-electron chi connectivity index (χ1n) is 9.14. The van der Waals surface area contributed by atoms with Crippen molar-refractivity contribution in [2.24, 2.45) is 5.73 Å². The van der Waals surface area contributed by atoms with E-state index < -0.39 is 35.3 Å².